The molecule has 2 aromatic rings. The lowest BCUT2D eigenvalue weighted by atomic mass is 10.1. The molecule has 1 amide bonds. The second-order valence-electron chi connectivity index (χ2n) is 5.45. The van der Waals surface area contributed by atoms with Crippen molar-refractivity contribution in [3.05, 3.63) is 53.9 Å². The van der Waals surface area contributed by atoms with Gasteiger partial charge in [-0.3, -0.25) is 9.78 Å². The molecule has 23 heavy (non-hydrogen) atoms. The zero-order chi connectivity index (χ0) is 16.6. The fourth-order valence-electron chi connectivity index (χ4n) is 2.49. The number of alkyl halides is 3. The number of amides is 1. The van der Waals surface area contributed by atoms with E-state index in [0.29, 0.717) is 6.42 Å². The normalized spacial score (nSPS) is 20.1. The zero-order valence-electron chi connectivity index (χ0n) is 11.8. The molecule has 0 spiro atoms. The van der Waals surface area contributed by atoms with E-state index in [1.807, 2.05) is 6.07 Å². The van der Waals surface area contributed by atoms with Crippen molar-refractivity contribution in [3.8, 4) is 5.75 Å². The van der Waals surface area contributed by atoms with E-state index in [9.17, 15) is 23.1 Å². The highest BCUT2D eigenvalue weighted by Crippen LogP contribution is 2.48. The lowest BCUT2D eigenvalue weighted by Gasteiger charge is -2.11. The second kappa shape index (κ2) is 5.57. The fourth-order valence-corrected chi connectivity index (χ4v) is 2.49. The number of halogens is 3. The van der Waals surface area contributed by atoms with E-state index in [-0.39, 0.29) is 17.5 Å². The quantitative estimate of drug-likeness (QED) is 0.850. The Labute approximate surface area is 130 Å². The molecule has 1 saturated carbocycles. The van der Waals surface area contributed by atoms with E-state index in [4.69, 9.17) is 0 Å². The third kappa shape index (κ3) is 3.28. The predicted molar refractivity (Wildman–Crippen MR) is 76.8 cm³/mol. The molecule has 4 nitrogen and oxygen atoms in total. The van der Waals surface area contributed by atoms with Crippen molar-refractivity contribution >= 4 is 11.6 Å². The summed E-state index contributed by atoms with van der Waals surface area (Å²) in [6, 6.07) is 6.03. The molecular weight excluding hydrogens is 309 g/mol. The molecule has 120 valence electrons. The van der Waals surface area contributed by atoms with Crippen LogP contribution in [0.4, 0.5) is 18.9 Å². The third-order valence-corrected chi connectivity index (χ3v) is 3.82. The van der Waals surface area contributed by atoms with E-state index in [0.717, 1.165) is 23.8 Å². The van der Waals surface area contributed by atoms with Gasteiger partial charge in [0.05, 0.1) is 11.3 Å². The average molecular weight is 322 g/mol. The minimum atomic E-state index is -4.54. The van der Waals surface area contributed by atoms with E-state index in [1.54, 1.807) is 18.5 Å². The number of phenols is 1. The van der Waals surface area contributed by atoms with Crippen LogP contribution in [0.2, 0.25) is 0 Å². The molecule has 1 heterocycles. The van der Waals surface area contributed by atoms with Crippen molar-refractivity contribution < 1.29 is 23.1 Å². The first-order valence-electron chi connectivity index (χ1n) is 6.97. The Balaban J connectivity index is 1.72. The van der Waals surface area contributed by atoms with Crippen LogP contribution in [0, 0.1) is 5.92 Å². The number of anilines is 1. The standard InChI is InChI=1S/C16H13F3N2O2/c17-16(18,19)10-3-4-14(22)13(6-10)21-15(23)12-7-11(12)9-2-1-5-20-8-9/h1-6,8,11-12,22H,7H2,(H,21,23)/t11-,12+/m0/s1. The Bertz CT molecular complexity index is 732. The number of nitrogens with zero attached hydrogens (tertiary/aromatic N) is 1. The molecule has 0 bridgehead atoms. The first-order valence-corrected chi connectivity index (χ1v) is 6.97. The molecule has 7 heteroatoms. The number of rotatable bonds is 3. The van der Waals surface area contributed by atoms with Crippen LogP contribution < -0.4 is 5.32 Å². The number of carbonyl (C=O) groups is 1. The number of hydrogen-bond donors (Lipinski definition) is 2. The van der Waals surface area contributed by atoms with Crippen LogP contribution >= 0.6 is 0 Å². The van der Waals surface area contributed by atoms with Crippen molar-refractivity contribution in [3.63, 3.8) is 0 Å². The van der Waals surface area contributed by atoms with Crippen LogP contribution in [0.25, 0.3) is 0 Å². The minimum Gasteiger partial charge on any atom is -0.506 e. The van der Waals surface area contributed by atoms with Crippen LogP contribution in [-0.4, -0.2) is 16.0 Å². The maximum Gasteiger partial charge on any atom is 0.416 e. The summed E-state index contributed by atoms with van der Waals surface area (Å²) in [6.45, 7) is 0. The molecule has 1 aromatic carbocycles. The van der Waals surface area contributed by atoms with Crippen LogP contribution in [0.3, 0.4) is 0 Å². The van der Waals surface area contributed by atoms with Gasteiger partial charge >= 0.3 is 6.18 Å². The van der Waals surface area contributed by atoms with Gasteiger partial charge in [0.25, 0.3) is 0 Å². The average Bonchev–Trinajstić information content (AvgIpc) is 3.30. The SMILES string of the molecule is O=C(Nc1cc(C(F)(F)F)ccc1O)[C@@H]1C[C@H]1c1cccnc1. The minimum absolute atomic E-state index is 0.0108. The summed E-state index contributed by atoms with van der Waals surface area (Å²) >= 11 is 0. The molecule has 0 unspecified atom stereocenters. The van der Waals surface area contributed by atoms with Crippen molar-refractivity contribution in [2.24, 2.45) is 5.92 Å². The van der Waals surface area contributed by atoms with Crippen LogP contribution in [-0.2, 0) is 11.0 Å². The highest BCUT2D eigenvalue weighted by Gasteiger charge is 2.44. The summed E-state index contributed by atoms with van der Waals surface area (Å²) < 4.78 is 38.1. The summed E-state index contributed by atoms with van der Waals surface area (Å²) in [6.07, 6.45) is -0.635. The van der Waals surface area contributed by atoms with Gasteiger partial charge in [-0.15, -0.1) is 0 Å². The van der Waals surface area contributed by atoms with E-state index in [2.05, 4.69) is 10.3 Å². The molecule has 0 aliphatic heterocycles. The predicted octanol–water partition coefficient (Wildman–Crippen LogP) is 3.55. The Hall–Kier alpha value is -2.57. The monoisotopic (exact) mass is 322 g/mol. The number of carbonyl (C=O) groups excluding carboxylic acids is 1. The van der Waals surface area contributed by atoms with Crippen LogP contribution in [0.15, 0.2) is 42.7 Å². The fraction of sp³-hybridized carbons (Fsp3) is 0.250. The second-order valence-corrected chi connectivity index (χ2v) is 5.45. The lowest BCUT2D eigenvalue weighted by Crippen LogP contribution is -2.15. The maximum absolute atomic E-state index is 12.7. The molecular formula is C16H13F3N2O2. The number of benzene rings is 1. The third-order valence-electron chi connectivity index (χ3n) is 3.82. The number of pyridine rings is 1. The topological polar surface area (TPSA) is 62.2 Å². The molecule has 2 N–H and O–H groups in total. The van der Waals surface area contributed by atoms with E-state index in [1.165, 1.54) is 0 Å². The highest BCUT2D eigenvalue weighted by atomic mass is 19.4. The van der Waals surface area contributed by atoms with Gasteiger partial charge in [-0.05, 0) is 42.2 Å². The molecule has 1 aliphatic carbocycles. The smallest absolute Gasteiger partial charge is 0.416 e. The van der Waals surface area contributed by atoms with Crippen LogP contribution in [0.5, 0.6) is 5.75 Å². The summed E-state index contributed by atoms with van der Waals surface area (Å²) in [5, 5.41) is 12.0. The molecule has 0 radical (unpaired) electrons. The van der Waals surface area contributed by atoms with E-state index >= 15 is 0 Å². The van der Waals surface area contributed by atoms with Crippen molar-refractivity contribution in [2.75, 3.05) is 5.32 Å². The van der Waals surface area contributed by atoms with Crippen molar-refractivity contribution in [1.82, 2.24) is 4.98 Å². The molecule has 1 aliphatic rings. The maximum atomic E-state index is 12.7. The van der Waals surface area contributed by atoms with Gasteiger partial charge in [0.2, 0.25) is 5.91 Å². The number of phenolic OH excluding ortho intramolecular Hbond substituents is 1. The Morgan fingerprint density at radius 3 is 2.74 bits per heavy atom. The highest BCUT2D eigenvalue weighted by molar-refractivity contribution is 5.96. The summed E-state index contributed by atoms with van der Waals surface area (Å²) in [5.41, 5.74) is -0.243. The van der Waals surface area contributed by atoms with Gasteiger partial charge in [0.15, 0.2) is 0 Å². The molecule has 1 fully saturated rings. The lowest BCUT2D eigenvalue weighted by molar-refractivity contribution is -0.137. The first-order chi connectivity index (χ1) is 10.9. The summed E-state index contributed by atoms with van der Waals surface area (Å²) in [5.74, 6) is -1.12. The van der Waals surface area contributed by atoms with Gasteiger partial charge in [-0.1, -0.05) is 6.07 Å². The summed E-state index contributed by atoms with van der Waals surface area (Å²) in [7, 11) is 0. The van der Waals surface area contributed by atoms with Gasteiger partial charge in [0, 0.05) is 18.3 Å². The Morgan fingerprint density at radius 2 is 2.09 bits per heavy atom. The number of aromatic hydroxyl groups is 1. The molecule has 0 saturated heterocycles. The number of nitrogens with one attached hydrogen (secondary N) is 1. The molecule has 2 atom stereocenters. The van der Waals surface area contributed by atoms with Gasteiger partial charge in [-0.25, -0.2) is 0 Å². The Kier molecular flexibility index (Phi) is 3.71. The van der Waals surface area contributed by atoms with Crippen molar-refractivity contribution in [1.29, 1.82) is 0 Å². The Morgan fingerprint density at radius 1 is 1.30 bits per heavy atom. The van der Waals surface area contributed by atoms with Gasteiger partial charge in [-0.2, -0.15) is 13.2 Å². The van der Waals surface area contributed by atoms with Crippen LogP contribution in [0.1, 0.15) is 23.5 Å². The number of hydrogen-bond acceptors (Lipinski definition) is 3. The largest absolute Gasteiger partial charge is 0.506 e. The molecule has 1 aromatic heterocycles. The van der Waals surface area contributed by atoms with Gasteiger partial charge < -0.3 is 10.4 Å². The number of aromatic nitrogens is 1. The first kappa shape index (κ1) is 15.3. The van der Waals surface area contributed by atoms with Gasteiger partial charge in [0.1, 0.15) is 5.75 Å². The van der Waals surface area contributed by atoms with E-state index < -0.39 is 23.4 Å². The molecule has 3 rings (SSSR count). The summed E-state index contributed by atoms with van der Waals surface area (Å²) in [4.78, 5) is 16.1. The van der Waals surface area contributed by atoms with Crippen molar-refractivity contribution in [2.45, 2.75) is 18.5 Å². The zero-order valence-corrected chi connectivity index (χ0v) is 11.8.